The summed E-state index contributed by atoms with van der Waals surface area (Å²) in [6.07, 6.45) is 5.77. The largest absolute Gasteiger partial charge is 0.487 e. The van der Waals surface area contributed by atoms with Crippen LogP contribution in [0.2, 0.25) is 0 Å². The van der Waals surface area contributed by atoms with E-state index in [4.69, 9.17) is 9.47 Å². The van der Waals surface area contributed by atoms with Gasteiger partial charge in [-0.15, -0.1) is 0 Å². The van der Waals surface area contributed by atoms with Gasteiger partial charge in [-0.2, -0.15) is 0 Å². The molecule has 1 saturated carbocycles. The number of hydrogen-bond acceptors (Lipinski definition) is 6. The van der Waals surface area contributed by atoms with Crippen LogP contribution in [0.5, 0.6) is 5.75 Å². The van der Waals surface area contributed by atoms with E-state index in [1.807, 2.05) is 30.3 Å². The highest BCUT2D eigenvalue weighted by Crippen LogP contribution is 2.47. The lowest BCUT2D eigenvalue weighted by Gasteiger charge is -2.37. The van der Waals surface area contributed by atoms with Crippen molar-refractivity contribution in [3.63, 3.8) is 0 Å². The monoisotopic (exact) mass is 451 g/mol. The van der Waals surface area contributed by atoms with Gasteiger partial charge in [-0.3, -0.25) is 14.6 Å². The molecule has 8 nitrogen and oxygen atoms in total. The minimum Gasteiger partial charge on any atom is -0.487 e. The summed E-state index contributed by atoms with van der Waals surface area (Å²) in [6.45, 7) is 0.556. The van der Waals surface area contributed by atoms with Crippen molar-refractivity contribution >= 4 is 17.5 Å². The number of rotatable bonds is 8. The fourth-order valence-electron chi connectivity index (χ4n) is 4.72. The van der Waals surface area contributed by atoms with E-state index < -0.39 is 6.10 Å². The summed E-state index contributed by atoms with van der Waals surface area (Å²) in [4.78, 5) is 28.8. The van der Waals surface area contributed by atoms with Crippen LogP contribution in [0, 0.1) is 5.92 Å². The number of carbonyl (C=O) groups is 2. The van der Waals surface area contributed by atoms with E-state index in [0.29, 0.717) is 18.0 Å². The number of amides is 2. The number of benzene rings is 1. The Morgan fingerprint density at radius 1 is 1.12 bits per heavy atom. The van der Waals surface area contributed by atoms with Crippen LogP contribution in [0.15, 0.2) is 42.7 Å². The van der Waals surface area contributed by atoms with E-state index in [2.05, 4.69) is 15.6 Å². The Labute approximate surface area is 192 Å². The summed E-state index contributed by atoms with van der Waals surface area (Å²) in [7, 11) is 0. The second kappa shape index (κ2) is 9.49. The Morgan fingerprint density at radius 2 is 1.94 bits per heavy atom. The number of carbonyl (C=O) groups excluding carboxylic acids is 2. The fourth-order valence-corrected chi connectivity index (χ4v) is 4.72. The van der Waals surface area contributed by atoms with Crippen molar-refractivity contribution in [1.29, 1.82) is 0 Å². The van der Waals surface area contributed by atoms with Gasteiger partial charge < -0.3 is 25.2 Å². The van der Waals surface area contributed by atoms with Crippen molar-refractivity contribution in [3.05, 3.63) is 53.9 Å². The molecule has 3 aliphatic rings. The summed E-state index contributed by atoms with van der Waals surface area (Å²) in [5.41, 5.74) is 2.57. The van der Waals surface area contributed by atoms with E-state index in [1.165, 1.54) is 12.8 Å². The molecule has 5 rings (SSSR count). The maximum absolute atomic E-state index is 12.5. The molecule has 1 aromatic heterocycles. The molecule has 1 aromatic carbocycles. The second-order valence-corrected chi connectivity index (χ2v) is 9.19. The quantitative estimate of drug-likeness (QED) is 0.568. The van der Waals surface area contributed by atoms with Gasteiger partial charge in [-0.25, -0.2) is 0 Å². The smallest absolute Gasteiger partial charge is 0.228 e. The zero-order valence-electron chi connectivity index (χ0n) is 18.4. The number of nitrogens with one attached hydrogen (secondary N) is 2. The Morgan fingerprint density at radius 3 is 2.70 bits per heavy atom. The maximum atomic E-state index is 12.5. The van der Waals surface area contributed by atoms with Crippen LogP contribution in [-0.4, -0.2) is 53.4 Å². The Hall–Kier alpha value is -2.97. The molecule has 0 radical (unpaired) electrons. The summed E-state index contributed by atoms with van der Waals surface area (Å²) in [6, 6.07) is 9.24. The molecule has 0 spiro atoms. The molecule has 1 aliphatic carbocycles. The highest BCUT2D eigenvalue weighted by molar-refractivity contribution is 5.92. The molecular weight excluding hydrogens is 422 g/mol. The predicted molar refractivity (Wildman–Crippen MR) is 121 cm³/mol. The van der Waals surface area contributed by atoms with Crippen LogP contribution >= 0.6 is 0 Å². The molecule has 174 valence electrons. The first-order valence-electron chi connectivity index (χ1n) is 11.6. The highest BCUT2D eigenvalue weighted by atomic mass is 16.6. The molecule has 0 unspecified atom stereocenters. The minimum atomic E-state index is -0.498. The van der Waals surface area contributed by atoms with Gasteiger partial charge in [0.05, 0.1) is 25.6 Å². The van der Waals surface area contributed by atoms with Crippen LogP contribution < -0.4 is 15.4 Å². The third-order valence-electron chi connectivity index (χ3n) is 6.60. The molecule has 2 aromatic rings. The fraction of sp³-hybridized carbons (Fsp3) is 0.480. The van der Waals surface area contributed by atoms with Gasteiger partial charge in [-0.1, -0.05) is 0 Å². The zero-order chi connectivity index (χ0) is 22.8. The lowest BCUT2D eigenvalue weighted by atomic mass is 9.84. The van der Waals surface area contributed by atoms with Crippen LogP contribution in [0.4, 0.5) is 5.69 Å². The Kier molecular flexibility index (Phi) is 6.28. The number of aromatic nitrogens is 1. The first kappa shape index (κ1) is 21.9. The van der Waals surface area contributed by atoms with Crippen molar-refractivity contribution in [2.75, 3.05) is 18.5 Å². The number of fused-ring (bicyclic) bond motifs is 3. The molecule has 8 heteroatoms. The second-order valence-electron chi connectivity index (χ2n) is 9.19. The molecule has 2 amide bonds. The number of ether oxygens (including phenoxy) is 2. The van der Waals surface area contributed by atoms with E-state index in [1.54, 1.807) is 12.4 Å². The summed E-state index contributed by atoms with van der Waals surface area (Å²) >= 11 is 0. The zero-order valence-corrected chi connectivity index (χ0v) is 18.4. The van der Waals surface area contributed by atoms with Crippen molar-refractivity contribution in [3.8, 4) is 5.75 Å². The molecular formula is C25H29N3O5. The normalized spacial score (nSPS) is 25.5. The molecule has 1 saturated heterocycles. The lowest BCUT2D eigenvalue weighted by Crippen LogP contribution is -2.47. The molecule has 3 heterocycles. The van der Waals surface area contributed by atoms with E-state index in [9.17, 15) is 14.7 Å². The van der Waals surface area contributed by atoms with Crippen LogP contribution in [0.25, 0.3) is 0 Å². The van der Waals surface area contributed by atoms with Crippen LogP contribution in [0.3, 0.4) is 0 Å². The maximum Gasteiger partial charge on any atom is 0.228 e. The van der Waals surface area contributed by atoms with Crippen LogP contribution in [-0.2, 0) is 20.7 Å². The highest BCUT2D eigenvalue weighted by Gasteiger charge is 2.46. The van der Waals surface area contributed by atoms with Gasteiger partial charge in [-0.05, 0) is 61.1 Å². The van der Waals surface area contributed by atoms with Crippen molar-refractivity contribution in [2.45, 2.75) is 56.3 Å². The lowest BCUT2D eigenvalue weighted by molar-refractivity contribution is -0.142. The molecule has 2 fully saturated rings. The topological polar surface area (TPSA) is 110 Å². The van der Waals surface area contributed by atoms with Crippen molar-refractivity contribution in [1.82, 2.24) is 10.3 Å². The average molecular weight is 452 g/mol. The molecule has 3 N–H and O–H groups in total. The number of pyridine rings is 1. The number of nitrogens with zero attached hydrogens (tertiary/aromatic N) is 1. The van der Waals surface area contributed by atoms with Crippen molar-refractivity contribution < 1.29 is 24.2 Å². The first-order valence-corrected chi connectivity index (χ1v) is 11.6. The number of aliphatic hydroxyl groups is 1. The number of aliphatic hydroxyl groups excluding tert-OH is 1. The number of hydrogen-bond donors (Lipinski definition) is 3. The molecule has 2 aliphatic heterocycles. The summed E-state index contributed by atoms with van der Waals surface area (Å²) in [5.74, 6) is 1.22. The number of anilines is 1. The minimum absolute atomic E-state index is 0.0100. The van der Waals surface area contributed by atoms with E-state index in [0.717, 1.165) is 23.4 Å². The average Bonchev–Trinajstić information content (AvgIpc) is 3.58. The molecule has 0 bridgehead atoms. The third-order valence-corrected chi connectivity index (χ3v) is 6.60. The predicted octanol–water partition coefficient (Wildman–Crippen LogP) is 2.17. The van der Waals surface area contributed by atoms with E-state index in [-0.39, 0.29) is 49.4 Å². The van der Waals surface area contributed by atoms with Crippen LogP contribution in [0.1, 0.15) is 42.7 Å². The van der Waals surface area contributed by atoms with E-state index >= 15 is 0 Å². The van der Waals surface area contributed by atoms with Gasteiger partial charge in [0.15, 0.2) is 0 Å². The summed E-state index contributed by atoms with van der Waals surface area (Å²) in [5, 5.41) is 15.8. The SMILES string of the molecule is O=C(C[C@@H]1C[C@H]2c3cc(NC(=O)Cc4ccncc4)ccc3O[C@H]2[C@@H](CO)O1)NCC1CC1. The third kappa shape index (κ3) is 5.17. The van der Waals surface area contributed by atoms with Gasteiger partial charge >= 0.3 is 0 Å². The van der Waals surface area contributed by atoms with Gasteiger partial charge in [0.2, 0.25) is 11.8 Å². The van der Waals surface area contributed by atoms with Crippen molar-refractivity contribution in [2.24, 2.45) is 5.92 Å². The molecule has 33 heavy (non-hydrogen) atoms. The molecule has 4 atom stereocenters. The van der Waals surface area contributed by atoms with Gasteiger partial charge in [0.1, 0.15) is 18.0 Å². The summed E-state index contributed by atoms with van der Waals surface area (Å²) < 4.78 is 12.1. The first-order chi connectivity index (χ1) is 16.1. The standard InChI is InChI=1S/C25H29N3O5/c29-14-22-25-20(11-18(32-22)12-23(30)27-13-16-1-2-16)19-10-17(3-4-21(19)33-25)28-24(31)9-15-5-7-26-8-6-15/h3-8,10,16,18,20,22,25,29H,1-2,9,11-14H2,(H,27,30)(H,28,31)/t18-,20-,22+,25+/m0/s1. The Bertz CT molecular complexity index is 1010. The Balaban J connectivity index is 1.25. The van der Waals surface area contributed by atoms with Gasteiger partial charge in [0, 0.05) is 36.1 Å². The van der Waals surface area contributed by atoms with Gasteiger partial charge in [0.25, 0.3) is 0 Å².